The molecular formula is C18H22FNO4. The second-order valence-corrected chi connectivity index (χ2v) is 5.55. The lowest BCUT2D eigenvalue weighted by molar-refractivity contribution is -0.146. The van der Waals surface area contributed by atoms with Crippen molar-refractivity contribution in [2.24, 2.45) is 0 Å². The van der Waals surface area contributed by atoms with Gasteiger partial charge in [0.1, 0.15) is 5.82 Å². The number of halogens is 1. The number of esters is 2. The monoisotopic (exact) mass is 335 g/mol. The largest absolute Gasteiger partial charge is 0.462 e. The number of aryl methyl sites for hydroxylation is 1. The number of anilines is 1. The van der Waals surface area contributed by atoms with Gasteiger partial charge in [-0.15, -0.1) is 0 Å². The van der Waals surface area contributed by atoms with E-state index in [4.69, 9.17) is 9.47 Å². The molecule has 0 amide bonds. The van der Waals surface area contributed by atoms with Crippen LogP contribution < -0.4 is 4.90 Å². The van der Waals surface area contributed by atoms with Crippen LogP contribution in [0.2, 0.25) is 0 Å². The first-order valence-corrected chi connectivity index (χ1v) is 8.10. The first-order valence-electron chi connectivity index (χ1n) is 8.10. The zero-order valence-electron chi connectivity index (χ0n) is 14.2. The van der Waals surface area contributed by atoms with Crippen molar-refractivity contribution >= 4 is 17.6 Å². The molecule has 1 unspecified atom stereocenters. The smallest absolute Gasteiger partial charge is 0.347 e. The van der Waals surface area contributed by atoms with E-state index in [-0.39, 0.29) is 30.6 Å². The summed E-state index contributed by atoms with van der Waals surface area (Å²) in [6, 6.07) is 4.56. The van der Waals surface area contributed by atoms with Crippen molar-refractivity contribution in [3.05, 3.63) is 41.4 Å². The third kappa shape index (κ3) is 3.93. The highest BCUT2D eigenvalue weighted by atomic mass is 19.1. The Morgan fingerprint density at radius 3 is 2.46 bits per heavy atom. The first kappa shape index (κ1) is 18.0. The van der Waals surface area contributed by atoms with Crippen molar-refractivity contribution in [2.45, 2.75) is 39.7 Å². The Morgan fingerprint density at radius 2 is 1.88 bits per heavy atom. The zero-order valence-corrected chi connectivity index (χ0v) is 14.2. The van der Waals surface area contributed by atoms with Crippen LogP contribution in [0.15, 0.2) is 30.0 Å². The Bertz CT molecular complexity index is 636. The average Bonchev–Trinajstić information content (AvgIpc) is 2.54. The van der Waals surface area contributed by atoms with E-state index in [0.29, 0.717) is 0 Å². The van der Waals surface area contributed by atoms with Gasteiger partial charge >= 0.3 is 11.9 Å². The van der Waals surface area contributed by atoms with Crippen LogP contribution in [0.4, 0.5) is 10.1 Å². The topological polar surface area (TPSA) is 55.8 Å². The lowest BCUT2D eigenvalue weighted by atomic mass is 9.96. The molecule has 0 aliphatic carbocycles. The van der Waals surface area contributed by atoms with Crippen molar-refractivity contribution in [1.29, 1.82) is 0 Å². The summed E-state index contributed by atoms with van der Waals surface area (Å²) in [6.45, 7) is 5.64. The fourth-order valence-corrected chi connectivity index (χ4v) is 2.69. The van der Waals surface area contributed by atoms with Gasteiger partial charge in [-0.1, -0.05) is 0 Å². The molecule has 0 bridgehead atoms. The van der Waals surface area contributed by atoms with Crippen LogP contribution in [0.5, 0.6) is 0 Å². The standard InChI is InChI=1S/C18H22FNO4/c1-4-23-17(21)15(18(22)24-5-2)11-20-12(3)6-7-13-10-14(19)8-9-16(13)20/h8-12H,4-7H2,1-3H3. The zero-order chi connectivity index (χ0) is 17.7. The van der Waals surface area contributed by atoms with Gasteiger partial charge in [0, 0.05) is 17.9 Å². The molecule has 0 saturated carbocycles. The average molecular weight is 335 g/mol. The molecule has 24 heavy (non-hydrogen) atoms. The SMILES string of the molecule is CCOC(=O)C(=CN1c2ccc(F)cc2CCC1C)C(=O)OCC. The van der Waals surface area contributed by atoms with E-state index in [2.05, 4.69) is 0 Å². The van der Waals surface area contributed by atoms with Gasteiger partial charge in [0.15, 0.2) is 5.57 Å². The number of carbonyl (C=O) groups is 2. The summed E-state index contributed by atoms with van der Waals surface area (Å²) in [5.74, 6) is -1.75. The Morgan fingerprint density at radius 1 is 1.25 bits per heavy atom. The molecule has 2 rings (SSSR count). The van der Waals surface area contributed by atoms with Gasteiger partial charge in [0.25, 0.3) is 0 Å². The van der Waals surface area contributed by atoms with Crippen molar-refractivity contribution in [1.82, 2.24) is 0 Å². The fourth-order valence-electron chi connectivity index (χ4n) is 2.69. The first-order chi connectivity index (χ1) is 11.5. The molecule has 0 radical (unpaired) electrons. The second-order valence-electron chi connectivity index (χ2n) is 5.55. The van der Waals surface area contributed by atoms with Crippen molar-refractivity contribution < 1.29 is 23.5 Å². The van der Waals surface area contributed by atoms with Crippen LogP contribution in [-0.4, -0.2) is 31.2 Å². The normalized spacial score (nSPS) is 16.2. The summed E-state index contributed by atoms with van der Waals surface area (Å²) in [7, 11) is 0. The van der Waals surface area contributed by atoms with E-state index < -0.39 is 11.9 Å². The van der Waals surface area contributed by atoms with E-state index >= 15 is 0 Å². The molecule has 0 N–H and O–H groups in total. The Labute approximate surface area is 141 Å². The lowest BCUT2D eigenvalue weighted by Gasteiger charge is -2.34. The molecule has 0 aromatic heterocycles. The molecule has 0 spiro atoms. The number of hydrogen-bond donors (Lipinski definition) is 0. The highest BCUT2D eigenvalue weighted by Gasteiger charge is 2.27. The van der Waals surface area contributed by atoms with Gasteiger partial charge in [-0.3, -0.25) is 0 Å². The van der Waals surface area contributed by atoms with Crippen LogP contribution in [0.3, 0.4) is 0 Å². The van der Waals surface area contributed by atoms with Gasteiger partial charge in [-0.2, -0.15) is 0 Å². The summed E-state index contributed by atoms with van der Waals surface area (Å²) in [4.78, 5) is 26.1. The molecule has 1 aromatic rings. The highest BCUT2D eigenvalue weighted by molar-refractivity contribution is 6.14. The minimum atomic E-state index is -0.725. The number of carbonyl (C=O) groups excluding carboxylic acids is 2. The second kappa shape index (κ2) is 7.95. The summed E-state index contributed by atoms with van der Waals surface area (Å²) >= 11 is 0. The van der Waals surface area contributed by atoms with Crippen molar-refractivity contribution in [3.63, 3.8) is 0 Å². The van der Waals surface area contributed by atoms with Crippen LogP contribution >= 0.6 is 0 Å². The molecule has 1 aliphatic heterocycles. The molecule has 1 aromatic carbocycles. The summed E-state index contributed by atoms with van der Waals surface area (Å²) in [6.07, 6.45) is 2.98. The van der Waals surface area contributed by atoms with Gasteiger partial charge in [-0.25, -0.2) is 14.0 Å². The third-order valence-corrected chi connectivity index (χ3v) is 3.88. The Hall–Kier alpha value is -2.37. The summed E-state index contributed by atoms with van der Waals surface area (Å²) in [5, 5.41) is 0. The minimum Gasteiger partial charge on any atom is -0.462 e. The maximum atomic E-state index is 13.5. The summed E-state index contributed by atoms with van der Waals surface area (Å²) < 4.78 is 23.4. The number of benzene rings is 1. The molecular weight excluding hydrogens is 313 g/mol. The van der Waals surface area contributed by atoms with E-state index in [1.165, 1.54) is 18.3 Å². The number of ether oxygens (including phenoxy) is 2. The van der Waals surface area contributed by atoms with E-state index in [9.17, 15) is 14.0 Å². The third-order valence-electron chi connectivity index (χ3n) is 3.88. The van der Waals surface area contributed by atoms with Gasteiger partial charge in [0.05, 0.1) is 13.2 Å². The number of fused-ring (bicyclic) bond motifs is 1. The van der Waals surface area contributed by atoms with Crippen LogP contribution in [-0.2, 0) is 25.5 Å². The van der Waals surface area contributed by atoms with Gasteiger partial charge in [0.2, 0.25) is 0 Å². The molecule has 1 atom stereocenters. The molecule has 130 valence electrons. The number of hydrogen-bond acceptors (Lipinski definition) is 5. The molecule has 1 heterocycles. The number of nitrogens with zero attached hydrogens (tertiary/aromatic N) is 1. The van der Waals surface area contributed by atoms with E-state index in [0.717, 1.165) is 24.1 Å². The van der Waals surface area contributed by atoms with Gasteiger partial charge in [-0.05, 0) is 57.4 Å². The minimum absolute atomic E-state index is 0.0572. The molecule has 0 saturated heterocycles. The van der Waals surface area contributed by atoms with Gasteiger partial charge < -0.3 is 14.4 Å². The Kier molecular flexibility index (Phi) is 5.95. The molecule has 1 aliphatic rings. The quantitative estimate of drug-likeness (QED) is 0.358. The van der Waals surface area contributed by atoms with E-state index in [1.54, 1.807) is 24.8 Å². The van der Waals surface area contributed by atoms with Crippen molar-refractivity contribution in [3.8, 4) is 0 Å². The maximum Gasteiger partial charge on any atom is 0.347 e. The maximum absolute atomic E-state index is 13.5. The summed E-state index contributed by atoms with van der Waals surface area (Å²) in [5.41, 5.74) is 1.46. The Balaban J connectivity index is 2.43. The number of rotatable bonds is 5. The van der Waals surface area contributed by atoms with Crippen LogP contribution in [0, 0.1) is 5.82 Å². The van der Waals surface area contributed by atoms with Crippen molar-refractivity contribution in [2.75, 3.05) is 18.1 Å². The van der Waals surface area contributed by atoms with E-state index in [1.807, 2.05) is 6.92 Å². The molecule has 5 nitrogen and oxygen atoms in total. The lowest BCUT2D eigenvalue weighted by Crippen LogP contribution is -2.35. The highest BCUT2D eigenvalue weighted by Crippen LogP contribution is 2.32. The molecule has 0 fully saturated rings. The van der Waals surface area contributed by atoms with Crippen LogP contribution in [0.25, 0.3) is 0 Å². The molecule has 6 heteroatoms. The van der Waals surface area contributed by atoms with Crippen LogP contribution in [0.1, 0.15) is 32.8 Å². The predicted molar refractivity (Wildman–Crippen MR) is 88.0 cm³/mol. The predicted octanol–water partition coefficient (Wildman–Crippen LogP) is 2.98. The fraction of sp³-hybridized carbons (Fsp3) is 0.444.